The Hall–Kier alpha value is -1.55. The van der Waals surface area contributed by atoms with Crippen molar-refractivity contribution in [2.45, 2.75) is 33.3 Å². The van der Waals surface area contributed by atoms with Crippen LogP contribution < -0.4 is 5.32 Å². The fourth-order valence-corrected chi connectivity index (χ4v) is 1.59. The van der Waals surface area contributed by atoms with E-state index in [2.05, 4.69) is 5.32 Å². The molecule has 0 heterocycles. The quantitative estimate of drug-likeness (QED) is 0.843. The standard InChI is InChI=1S/C14H21NO3/c1-5-18-14(3,4)9-15-13(17)11-7-6-10(2)12(16)8-11/h6-8,16H,5,9H2,1-4H3,(H,15,17). The minimum absolute atomic E-state index is 0.131. The van der Waals surface area contributed by atoms with Crippen molar-refractivity contribution in [3.8, 4) is 5.75 Å². The molecule has 0 fully saturated rings. The first-order valence-electron chi connectivity index (χ1n) is 6.07. The summed E-state index contributed by atoms with van der Waals surface area (Å²) in [6, 6.07) is 4.88. The molecular weight excluding hydrogens is 230 g/mol. The highest BCUT2D eigenvalue weighted by atomic mass is 16.5. The lowest BCUT2D eigenvalue weighted by Gasteiger charge is -2.24. The summed E-state index contributed by atoms with van der Waals surface area (Å²) in [5, 5.41) is 12.4. The SMILES string of the molecule is CCOC(C)(C)CNC(=O)c1ccc(C)c(O)c1. The fraction of sp³-hybridized carbons (Fsp3) is 0.500. The van der Waals surface area contributed by atoms with Gasteiger partial charge in [0.1, 0.15) is 5.75 Å². The number of phenols is 1. The second-order valence-corrected chi connectivity index (χ2v) is 4.88. The average molecular weight is 251 g/mol. The maximum absolute atomic E-state index is 11.9. The molecule has 1 aromatic carbocycles. The molecule has 1 amide bonds. The van der Waals surface area contributed by atoms with Gasteiger partial charge >= 0.3 is 0 Å². The lowest BCUT2D eigenvalue weighted by Crippen LogP contribution is -2.40. The topological polar surface area (TPSA) is 58.6 Å². The number of carbonyl (C=O) groups excluding carboxylic acids is 1. The molecule has 0 unspecified atom stereocenters. The second-order valence-electron chi connectivity index (χ2n) is 4.88. The summed E-state index contributed by atoms with van der Waals surface area (Å²) in [7, 11) is 0. The van der Waals surface area contributed by atoms with E-state index in [-0.39, 0.29) is 11.7 Å². The maximum atomic E-state index is 11.9. The van der Waals surface area contributed by atoms with Crippen molar-refractivity contribution in [3.05, 3.63) is 29.3 Å². The highest BCUT2D eigenvalue weighted by molar-refractivity contribution is 5.94. The van der Waals surface area contributed by atoms with E-state index < -0.39 is 5.60 Å². The molecule has 4 nitrogen and oxygen atoms in total. The number of hydrogen-bond acceptors (Lipinski definition) is 3. The Morgan fingerprint density at radius 3 is 2.67 bits per heavy atom. The molecule has 0 saturated heterocycles. The number of aromatic hydroxyl groups is 1. The van der Waals surface area contributed by atoms with Gasteiger partial charge in [-0.1, -0.05) is 6.07 Å². The first-order chi connectivity index (χ1) is 8.35. The number of aryl methyl sites for hydroxylation is 1. The van der Waals surface area contributed by atoms with Crippen LogP contribution in [-0.4, -0.2) is 29.8 Å². The van der Waals surface area contributed by atoms with Crippen molar-refractivity contribution in [1.29, 1.82) is 0 Å². The van der Waals surface area contributed by atoms with Crippen LogP contribution in [0, 0.1) is 6.92 Å². The average Bonchev–Trinajstić information content (AvgIpc) is 2.30. The smallest absolute Gasteiger partial charge is 0.251 e. The highest BCUT2D eigenvalue weighted by Crippen LogP contribution is 2.17. The van der Waals surface area contributed by atoms with Gasteiger partial charge in [0.2, 0.25) is 0 Å². The molecule has 0 aliphatic rings. The van der Waals surface area contributed by atoms with Crippen LogP contribution in [0.2, 0.25) is 0 Å². The number of phenolic OH excluding ortho intramolecular Hbond substituents is 1. The molecule has 1 aromatic rings. The Morgan fingerprint density at radius 1 is 1.44 bits per heavy atom. The Labute approximate surface area is 108 Å². The van der Waals surface area contributed by atoms with E-state index in [9.17, 15) is 9.90 Å². The molecule has 0 radical (unpaired) electrons. The molecule has 0 aromatic heterocycles. The molecule has 0 aliphatic carbocycles. The van der Waals surface area contributed by atoms with Crippen molar-refractivity contribution in [1.82, 2.24) is 5.32 Å². The van der Waals surface area contributed by atoms with Crippen LogP contribution in [0.4, 0.5) is 0 Å². The van der Waals surface area contributed by atoms with E-state index in [1.165, 1.54) is 6.07 Å². The van der Waals surface area contributed by atoms with E-state index in [4.69, 9.17) is 4.74 Å². The number of benzene rings is 1. The number of nitrogens with one attached hydrogen (secondary N) is 1. The molecule has 2 N–H and O–H groups in total. The van der Waals surface area contributed by atoms with Gasteiger partial charge in [-0.3, -0.25) is 4.79 Å². The summed E-state index contributed by atoms with van der Waals surface area (Å²) in [6.45, 7) is 8.58. The summed E-state index contributed by atoms with van der Waals surface area (Å²) >= 11 is 0. The Morgan fingerprint density at radius 2 is 2.11 bits per heavy atom. The van der Waals surface area contributed by atoms with Gasteiger partial charge in [0, 0.05) is 18.7 Å². The fourth-order valence-electron chi connectivity index (χ4n) is 1.59. The zero-order valence-corrected chi connectivity index (χ0v) is 11.4. The molecule has 0 spiro atoms. The Balaban J connectivity index is 2.63. The third kappa shape index (κ3) is 4.04. The lowest BCUT2D eigenvalue weighted by molar-refractivity contribution is -0.00815. The largest absolute Gasteiger partial charge is 0.508 e. The molecular formula is C14H21NO3. The van der Waals surface area contributed by atoms with E-state index in [0.717, 1.165) is 5.56 Å². The number of ether oxygens (including phenoxy) is 1. The minimum Gasteiger partial charge on any atom is -0.508 e. The first kappa shape index (κ1) is 14.5. The molecule has 18 heavy (non-hydrogen) atoms. The number of amides is 1. The molecule has 4 heteroatoms. The maximum Gasteiger partial charge on any atom is 0.251 e. The van der Waals surface area contributed by atoms with Crippen molar-refractivity contribution in [2.75, 3.05) is 13.2 Å². The van der Waals surface area contributed by atoms with Gasteiger partial charge in [-0.15, -0.1) is 0 Å². The molecule has 0 atom stereocenters. The van der Waals surface area contributed by atoms with Crippen molar-refractivity contribution >= 4 is 5.91 Å². The van der Waals surface area contributed by atoms with Gasteiger partial charge in [0.25, 0.3) is 5.91 Å². The highest BCUT2D eigenvalue weighted by Gasteiger charge is 2.19. The molecule has 100 valence electrons. The first-order valence-corrected chi connectivity index (χ1v) is 6.07. The predicted octanol–water partition coefficient (Wildman–Crippen LogP) is 2.25. The van der Waals surface area contributed by atoms with E-state index in [1.807, 2.05) is 20.8 Å². The summed E-state index contributed by atoms with van der Waals surface area (Å²) in [4.78, 5) is 11.9. The molecule has 0 bridgehead atoms. The monoisotopic (exact) mass is 251 g/mol. The van der Waals surface area contributed by atoms with E-state index >= 15 is 0 Å². The predicted molar refractivity (Wildman–Crippen MR) is 70.9 cm³/mol. The van der Waals surface area contributed by atoms with Crippen molar-refractivity contribution in [3.63, 3.8) is 0 Å². The Bertz CT molecular complexity index is 427. The summed E-state index contributed by atoms with van der Waals surface area (Å²) in [5.74, 6) is -0.0789. The van der Waals surface area contributed by atoms with Crippen LogP contribution in [0.15, 0.2) is 18.2 Å². The van der Waals surface area contributed by atoms with Crippen LogP contribution in [0.25, 0.3) is 0 Å². The van der Waals surface area contributed by atoms with Gasteiger partial charge in [0.05, 0.1) is 5.60 Å². The van der Waals surface area contributed by atoms with Crippen molar-refractivity contribution < 1.29 is 14.6 Å². The van der Waals surface area contributed by atoms with Crippen LogP contribution in [-0.2, 0) is 4.74 Å². The Kier molecular flexibility index (Phi) is 4.73. The molecule has 1 rings (SSSR count). The summed E-state index contributed by atoms with van der Waals surface area (Å²) < 4.78 is 5.49. The lowest BCUT2D eigenvalue weighted by atomic mass is 10.1. The van der Waals surface area contributed by atoms with Crippen molar-refractivity contribution in [2.24, 2.45) is 0 Å². The minimum atomic E-state index is -0.392. The number of rotatable bonds is 5. The normalized spacial score (nSPS) is 11.3. The zero-order valence-electron chi connectivity index (χ0n) is 11.4. The van der Waals surface area contributed by atoms with E-state index in [1.54, 1.807) is 19.1 Å². The van der Waals surface area contributed by atoms with Crippen LogP contribution in [0.1, 0.15) is 36.7 Å². The summed E-state index contributed by atoms with van der Waals surface area (Å²) in [5.41, 5.74) is 0.809. The number of carbonyl (C=O) groups is 1. The van der Waals surface area contributed by atoms with Gasteiger partial charge in [-0.2, -0.15) is 0 Å². The number of hydrogen-bond donors (Lipinski definition) is 2. The van der Waals surface area contributed by atoms with Crippen LogP contribution in [0.3, 0.4) is 0 Å². The van der Waals surface area contributed by atoms with E-state index in [0.29, 0.717) is 18.7 Å². The third-order valence-electron chi connectivity index (χ3n) is 2.68. The van der Waals surface area contributed by atoms with Gasteiger partial charge in [-0.05, 0) is 45.4 Å². The van der Waals surface area contributed by atoms with Gasteiger partial charge in [-0.25, -0.2) is 0 Å². The second kappa shape index (κ2) is 5.87. The summed E-state index contributed by atoms with van der Waals surface area (Å²) in [6.07, 6.45) is 0. The third-order valence-corrected chi connectivity index (χ3v) is 2.68. The van der Waals surface area contributed by atoms with Crippen LogP contribution >= 0.6 is 0 Å². The van der Waals surface area contributed by atoms with Gasteiger partial charge < -0.3 is 15.2 Å². The van der Waals surface area contributed by atoms with Gasteiger partial charge in [0.15, 0.2) is 0 Å². The zero-order chi connectivity index (χ0) is 13.8. The molecule has 0 saturated carbocycles. The van der Waals surface area contributed by atoms with Crippen LogP contribution in [0.5, 0.6) is 5.75 Å². The molecule has 0 aliphatic heterocycles.